The van der Waals surface area contributed by atoms with Crippen LogP contribution in [-0.4, -0.2) is 21.1 Å². The Balaban J connectivity index is 2.23. The highest BCUT2D eigenvalue weighted by atomic mass is 35.5. The van der Waals surface area contributed by atoms with E-state index < -0.39 is 17.8 Å². The first-order chi connectivity index (χ1) is 9.40. The third-order valence-electron chi connectivity index (χ3n) is 2.86. The van der Waals surface area contributed by atoms with E-state index in [1.54, 1.807) is 20.8 Å². The summed E-state index contributed by atoms with van der Waals surface area (Å²) < 4.78 is 13.8. The summed E-state index contributed by atoms with van der Waals surface area (Å²) in [5, 5.41) is 9.37. The first-order valence-electron chi connectivity index (χ1n) is 6.04. The maximum absolute atomic E-state index is 13.8. The largest absolute Gasteiger partial charge is 0.342 e. The standard InChI is InChI=1S/C13H14ClFN4O/c1-6-4-5-9(15)10(11(6)14)13(20)16-7(2)12-17-8(3)18-19-12/h4-5,7H,1-3H3,(H,16,20)(H,17,18,19)/t7-/m0/s1. The molecule has 1 heterocycles. The monoisotopic (exact) mass is 296 g/mol. The number of hydrogen-bond donors (Lipinski definition) is 2. The topological polar surface area (TPSA) is 70.7 Å². The number of aromatic nitrogens is 3. The lowest BCUT2D eigenvalue weighted by atomic mass is 10.1. The highest BCUT2D eigenvalue weighted by Gasteiger charge is 2.21. The second-order valence-corrected chi connectivity index (χ2v) is 4.91. The van der Waals surface area contributed by atoms with Crippen LogP contribution in [-0.2, 0) is 0 Å². The zero-order valence-corrected chi connectivity index (χ0v) is 12.0. The molecule has 1 amide bonds. The van der Waals surface area contributed by atoms with Crippen LogP contribution in [0.5, 0.6) is 0 Å². The number of aryl methyl sites for hydroxylation is 2. The lowest BCUT2D eigenvalue weighted by Crippen LogP contribution is -2.28. The van der Waals surface area contributed by atoms with Crippen molar-refractivity contribution in [3.63, 3.8) is 0 Å². The summed E-state index contributed by atoms with van der Waals surface area (Å²) >= 11 is 5.99. The van der Waals surface area contributed by atoms with Crippen LogP contribution >= 0.6 is 11.6 Å². The summed E-state index contributed by atoms with van der Waals surface area (Å²) in [7, 11) is 0. The van der Waals surface area contributed by atoms with Gasteiger partial charge in [0.05, 0.1) is 16.6 Å². The van der Waals surface area contributed by atoms with E-state index >= 15 is 0 Å². The number of rotatable bonds is 3. The van der Waals surface area contributed by atoms with Gasteiger partial charge in [0.1, 0.15) is 11.6 Å². The average molecular weight is 297 g/mol. The minimum absolute atomic E-state index is 0.112. The normalized spacial score (nSPS) is 12.2. The van der Waals surface area contributed by atoms with Gasteiger partial charge in [0.15, 0.2) is 5.82 Å². The lowest BCUT2D eigenvalue weighted by molar-refractivity contribution is 0.0934. The van der Waals surface area contributed by atoms with Gasteiger partial charge in [0.25, 0.3) is 5.91 Å². The highest BCUT2D eigenvalue weighted by Crippen LogP contribution is 2.24. The van der Waals surface area contributed by atoms with Crippen LogP contribution in [0.2, 0.25) is 5.02 Å². The number of H-pyrrole nitrogens is 1. The van der Waals surface area contributed by atoms with Crippen molar-refractivity contribution in [2.45, 2.75) is 26.8 Å². The lowest BCUT2D eigenvalue weighted by Gasteiger charge is -2.13. The third kappa shape index (κ3) is 2.80. The fourth-order valence-corrected chi connectivity index (χ4v) is 1.99. The quantitative estimate of drug-likeness (QED) is 0.915. The van der Waals surface area contributed by atoms with Crippen molar-refractivity contribution in [3.8, 4) is 0 Å². The third-order valence-corrected chi connectivity index (χ3v) is 3.35. The predicted octanol–water partition coefficient (Wildman–Crippen LogP) is 2.71. The molecule has 20 heavy (non-hydrogen) atoms. The van der Waals surface area contributed by atoms with Crippen molar-refractivity contribution in [1.82, 2.24) is 20.5 Å². The number of amides is 1. The fourth-order valence-electron chi connectivity index (χ4n) is 1.75. The maximum atomic E-state index is 13.8. The Morgan fingerprint density at radius 2 is 2.15 bits per heavy atom. The van der Waals surface area contributed by atoms with Crippen molar-refractivity contribution in [1.29, 1.82) is 0 Å². The summed E-state index contributed by atoms with van der Waals surface area (Å²) in [5.41, 5.74) is 0.477. The summed E-state index contributed by atoms with van der Waals surface area (Å²) in [5.74, 6) is -0.177. The van der Waals surface area contributed by atoms with Crippen LogP contribution in [0.4, 0.5) is 4.39 Å². The Bertz CT molecular complexity index is 656. The summed E-state index contributed by atoms with van der Waals surface area (Å²) in [6, 6.07) is 2.29. The summed E-state index contributed by atoms with van der Waals surface area (Å²) in [6.45, 7) is 5.17. The molecular weight excluding hydrogens is 283 g/mol. The maximum Gasteiger partial charge on any atom is 0.256 e. The Kier molecular flexibility index (Phi) is 4.04. The Morgan fingerprint density at radius 3 is 2.75 bits per heavy atom. The number of hydrogen-bond acceptors (Lipinski definition) is 3. The second-order valence-electron chi connectivity index (χ2n) is 4.53. The molecule has 1 aromatic carbocycles. The fraction of sp³-hybridized carbons (Fsp3) is 0.308. The molecule has 0 aliphatic rings. The minimum atomic E-state index is -0.656. The van der Waals surface area contributed by atoms with Crippen LogP contribution in [0.3, 0.4) is 0 Å². The molecular formula is C13H14ClFN4O. The molecule has 7 heteroatoms. The molecule has 0 bridgehead atoms. The van der Waals surface area contributed by atoms with Crippen molar-refractivity contribution < 1.29 is 9.18 Å². The average Bonchev–Trinajstić information content (AvgIpc) is 2.81. The molecule has 0 fully saturated rings. The van der Waals surface area contributed by atoms with E-state index in [2.05, 4.69) is 20.5 Å². The van der Waals surface area contributed by atoms with Crippen LogP contribution in [0.25, 0.3) is 0 Å². The molecule has 0 saturated heterocycles. The first-order valence-corrected chi connectivity index (χ1v) is 6.42. The smallest absolute Gasteiger partial charge is 0.256 e. The van der Waals surface area contributed by atoms with E-state index in [0.717, 1.165) is 0 Å². The number of carbonyl (C=O) groups excluding carboxylic acids is 1. The van der Waals surface area contributed by atoms with Gasteiger partial charge in [-0.2, -0.15) is 5.10 Å². The molecule has 0 saturated carbocycles. The second kappa shape index (κ2) is 5.58. The predicted molar refractivity (Wildman–Crippen MR) is 73.1 cm³/mol. The van der Waals surface area contributed by atoms with Gasteiger partial charge in [-0.3, -0.25) is 9.89 Å². The van der Waals surface area contributed by atoms with E-state index in [-0.39, 0.29) is 10.6 Å². The summed E-state index contributed by atoms with van der Waals surface area (Å²) in [6.07, 6.45) is 0. The van der Waals surface area contributed by atoms with Gasteiger partial charge in [0, 0.05) is 0 Å². The number of halogens is 2. The van der Waals surface area contributed by atoms with Gasteiger partial charge in [-0.05, 0) is 32.4 Å². The molecule has 106 valence electrons. The van der Waals surface area contributed by atoms with Gasteiger partial charge in [-0.15, -0.1) is 0 Å². The van der Waals surface area contributed by atoms with E-state index in [9.17, 15) is 9.18 Å². The Labute approximate surface area is 120 Å². The zero-order chi connectivity index (χ0) is 14.9. The Hall–Kier alpha value is -1.95. The van der Waals surface area contributed by atoms with Crippen LogP contribution in [0, 0.1) is 19.7 Å². The molecule has 0 spiro atoms. The van der Waals surface area contributed by atoms with Gasteiger partial charge < -0.3 is 5.32 Å². The van der Waals surface area contributed by atoms with E-state index in [1.807, 2.05) is 0 Å². The molecule has 2 rings (SSSR count). The number of nitrogens with one attached hydrogen (secondary N) is 2. The molecule has 2 aromatic rings. The van der Waals surface area contributed by atoms with Crippen molar-refractivity contribution in [2.24, 2.45) is 0 Å². The van der Waals surface area contributed by atoms with E-state index in [4.69, 9.17) is 11.6 Å². The van der Waals surface area contributed by atoms with Crippen molar-refractivity contribution >= 4 is 17.5 Å². The van der Waals surface area contributed by atoms with Gasteiger partial charge >= 0.3 is 0 Å². The number of carbonyl (C=O) groups is 1. The van der Waals surface area contributed by atoms with Crippen LogP contribution < -0.4 is 5.32 Å². The molecule has 5 nitrogen and oxygen atoms in total. The number of aromatic amines is 1. The zero-order valence-electron chi connectivity index (χ0n) is 11.3. The van der Waals surface area contributed by atoms with Crippen LogP contribution in [0.1, 0.15) is 40.5 Å². The van der Waals surface area contributed by atoms with Crippen molar-refractivity contribution in [2.75, 3.05) is 0 Å². The minimum Gasteiger partial charge on any atom is -0.342 e. The highest BCUT2D eigenvalue weighted by molar-refractivity contribution is 6.34. The molecule has 0 aliphatic heterocycles. The number of nitrogens with zero attached hydrogens (tertiary/aromatic N) is 2. The molecule has 1 atom stereocenters. The SMILES string of the molecule is Cc1nc([C@H](C)NC(=O)c2c(F)ccc(C)c2Cl)n[nH]1. The first kappa shape index (κ1) is 14.5. The van der Waals surface area contributed by atoms with E-state index in [1.165, 1.54) is 12.1 Å². The van der Waals surface area contributed by atoms with Gasteiger partial charge in [-0.1, -0.05) is 17.7 Å². The summed E-state index contributed by atoms with van der Waals surface area (Å²) in [4.78, 5) is 16.2. The Morgan fingerprint density at radius 1 is 1.45 bits per heavy atom. The molecule has 0 radical (unpaired) electrons. The van der Waals surface area contributed by atoms with Crippen molar-refractivity contribution in [3.05, 3.63) is 45.7 Å². The molecule has 2 N–H and O–H groups in total. The van der Waals surface area contributed by atoms with Gasteiger partial charge in [0.2, 0.25) is 0 Å². The molecule has 0 aliphatic carbocycles. The molecule has 0 unspecified atom stereocenters. The van der Waals surface area contributed by atoms with E-state index in [0.29, 0.717) is 17.2 Å². The number of benzene rings is 1. The van der Waals surface area contributed by atoms with Crippen LogP contribution in [0.15, 0.2) is 12.1 Å². The molecule has 1 aromatic heterocycles. The van der Waals surface area contributed by atoms with Gasteiger partial charge in [-0.25, -0.2) is 9.37 Å².